The van der Waals surface area contributed by atoms with Crippen LogP contribution in [0.3, 0.4) is 0 Å². The molecule has 0 rings (SSSR count). The van der Waals surface area contributed by atoms with Crippen LogP contribution in [0.25, 0.3) is 0 Å². The van der Waals surface area contributed by atoms with Crippen LogP contribution in [-0.4, -0.2) is 29.4 Å². The Morgan fingerprint density at radius 2 is 1.57 bits per heavy atom. The van der Waals surface area contributed by atoms with E-state index in [0.717, 1.165) is 0 Å². The highest BCUT2D eigenvalue weighted by atomic mass is 35.5. The Morgan fingerprint density at radius 1 is 1.07 bits per heavy atom. The maximum atomic E-state index is 11.1. The topological polar surface area (TPSA) is 69.7 Å². The number of carbonyl (C=O) groups is 3. The minimum Gasteiger partial charge on any atom is -0.451 e. The van der Waals surface area contributed by atoms with Gasteiger partial charge in [-0.15, -0.1) is 0 Å². The van der Waals surface area contributed by atoms with Gasteiger partial charge in [-0.25, -0.2) is 4.79 Å². The van der Waals surface area contributed by atoms with Gasteiger partial charge in [0.2, 0.25) is 0 Å². The van der Waals surface area contributed by atoms with E-state index >= 15 is 0 Å². The van der Waals surface area contributed by atoms with Crippen molar-refractivity contribution in [1.82, 2.24) is 0 Å². The van der Waals surface area contributed by atoms with E-state index in [-0.39, 0.29) is 0 Å². The molecule has 0 N–H and O–H groups in total. The lowest BCUT2D eigenvalue weighted by atomic mass is 10.4. The summed E-state index contributed by atoms with van der Waals surface area (Å²) >= 11 is 5.06. The van der Waals surface area contributed by atoms with Gasteiger partial charge in [-0.3, -0.25) is 9.59 Å². The van der Waals surface area contributed by atoms with Gasteiger partial charge < -0.3 is 9.47 Å². The fourth-order valence-corrected chi connectivity index (χ4v) is 0.658. The Bertz CT molecular complexity index is 250. The predicted octanol–water partition coefficient (Wildman–Crippen LogP) is 0.635. The zero-order valence-electron chi connectivity index (χ0n) is 8.07. The Hall–Kier alpha value is -1.10. The molecule has 0 radical (unpaired) electrons. The van der Waals surface area contributed by atoms with E-state index in [1.54, 1.807) is 0 Å². The summed E-state index contributed by atoms with van der Waals surface area (Å²) < 4.78 is 9.10. The number of hydrogen-bond acceptors (Lipinski definition) is 5. The van der Waals surface area contributed by atoms with Gasteiger partial charge in [-0.1, -0.05) is 0 Å². The number of carbonyl (C=O) groups excluding carboxylic acids is 3. The van der Waals surface area contributed by atoms with Gasteiger partial charge in [0, 0.05) is 6.92 Å². The minimum atomic E-state index is -1.04. The summed E-state index contributed by atoms with van der Waals surface area (Å²) in [5, 5.41) is -0.784. The second-order valence-corrected chi connectivity index (χ2v) is 3.01. The molecule has 0 bridgehead atoms. The van der Waals surface area contributed by atoms with Crippen molar-refractivity contribution in [2.24, 2.45) is 0 Å². The number of esters is 2. The molecule has 0 unspecified atom stereocenters. The predicted molar refractivity (Wildman–Crippen MR) is 47.6 cm³/mol. The van der Waals surface area contributed by atoms with E-state index in [2.05, 4.69) is 9.47 Å². The SMILES string of the molecule is CC(=O)O[C@@H](C)C(=O)O[C@@H](C)C(=O)Cl. The Balaban J connectivity index is 4.07. The molecule has 0 fully saturated rings. The molecule has 0 spiro atoms. The highest BCUT2D eigenvalue weighted by Crippen LogP contribution is 2.02. The molecule has 2 atom stereocenters. The molecule has 6 heteroatoms. The largest absolute Gasteiger partial charge is 0.451 e. The summed E-state index contributed by atoms with van der Waals surface area (Å²) in [4.78, 5) is 32.0. The third-order valence-corrected chi connectivity index (χ3v) is 1.59. The van der Waals surface area contributed by atoms with Gasteiger partial charge in [0.25, 0.3) is 5.24 Å². The van der Waals surface area contributed by atoms with Crippen LogP contribution in [0.5, 0.6) is 0 Å². The Morgan fingerprint density at radius 3 is 1.93 bits per heavy atom. The van der Waals surface area contributed by atoms with Crippen LogP contribution in [0.2, 0.25) is 0 Å². The van der Waals surface area contributed by atoms with E-state index in [0.29, 0.717) is 0 Å². The Kier molecular flexibility index (Phi) is 5.15. The van der Waals surface area contributed by atoms with Gasteiger partial charge in [0.1, 0.15) is 0 Å². The van der Waals surface area contributed by atoms with E-state index in [1.165, 1.54) is 20.8 Å². The average molecular weight is 223 g/mol. The molecule has 0 aromatic heterocycles. The van der Waals surface area contributed by atoms with Crippen molar-refractivity contribution in [3.8, 4) is 0 Å². The Labute approximate surface area is 86.3 Å². The lowest BCUT2D eigenvalue weighted by Gasteiger charge is -2.13. The van der Waals surface area contributed by atoms with Crippen LogP contribution in [0, 0.1) is 0 Å². The van der Waals surface area contributed by atoms with Gasteiger partial charge in [-0.05, 0) is 25.4 Å². The number of halogens is 1. The molecule has 0 aliphatic rings. The fourth-order valence-electron chi connectivity index (χ4n) is 0.613. The normalized spacial score (nSPS) is 14.0. The van der Waals surface area contributed by atoms with Gasteiger partial charge >= 0.3 is 11.9 Å². The van der Waals surface area contributed by atoms with Gasteiger partial charge in [-0.2, -0.15) is 0 Å². The third-order valence-electron chi connectivity index (χ3n) is 1.29. The summed E-state index contributed by atoms with van der Waals surface area (Å²) in [6, 6.07) is 0. The molecule has 0 saturated heterocycles. The van der Waals surface area contributed by atoms with Crippen molar-refractivity contribution >= 4 is 28.8 Å². The molecule has 0 aliphatic carbocycles. The first kappa shape index (κ1) is 12.9. The maximum absolute atomic E-state index is 11.1. The zero-order chi connectivity index (χ0) is 11.3. The average Bonchev–Trinajstić information content (AvgIpc) is 2.02. The van der Waals surface area contributed by atoms with Crippen LogP contribution in [0.15, 0.2) is 0 Å². The van der Waals surface area contributed by atoms with Crippen molar-refractivity contribution in [3.05, 3.63) is 0 Å². The van der Waals surface area contributed by atoms with Crippen LogP contribution in [0.1, 0.15) is 20.8 Å². The lowest BCUT2D eigenvalue weighted by molar-refractivity contribution is -0.169. The summed E-state index contributed by atoms with van der Waals surface area (Å²) in [5.41, 5.74) is 0. The smallest absolute Gasteiger partial charge is 0.347 e. The van der Waals surface area contributed by atoms with E-state index in [1.807, 2.05) is 0 Å². The molecule has 0 aliphatic heterocycles. The summed E-state index contributed by atoms with van der Waals surface area (Å²) in [5.74, 6) is -1.40. The fraction of sp³-hybridized carbons (Fsp3) is 0.625. The molecule has 0 aromatic rings. The second-order valence-electron chi connectivity index (χ2n) is 2.63. The van der Waals surface area contributed by atoms with E-state index < -0.39 is 29.4 Å². The molecule has 0 saturated carbocycles. The van der Waals surface area contributed by atoms with Crippen molar-refractivity contribution in [2.75, 3.05) is 0 Å². The van der Waals surface area contributed by atoms with Crippen LogP contribution in [0.4, 0.5) is 0 Å². The molecular weight excluding hydrogens is 212 g/mol. The quantitative estimate of drug-likeness (QED) is 0.516. The van der Waals surface area contributed by atoms with Crippen LogP contribution < -0.4 is 0 Å². The van der Waals surface area contributed by atoms with Crippen LogP contribution >= 0.6 is 11.6 Å². The maximum Gasteiger partial charge on any atom is 0.347 e. The summed E-state index contributed by atoms with van der Waals surface area (Å²) in [6.45, 7) is 3.84. The van der Waals surface area contributed by atoms with Gasteiger partial charge in [0.15, 0.2) is 12.2 Å². The number of rotatable bonds is 4. The minimum absolute atomic E-state index is 0.598. The van der Waals surface area contributed by atoms with Crippen LogP contribution in [-0.2, 0) is 23.9 Å². The first-order valence-electron chi connectivity index (χ1n) is 3.91. The first-order chi connectivity index (χ1) is 6.34. The summed E-state index contributed by atoms with van der Waals surface area (Å²) in [6.07, 6.45) is -2.08. The molecule has 80 valence electrons. The molecular formula is C8H11ClO5. The number of hydrogen-bond donors (Lipinski definition) is 0. The van der Waals surface area contributed by atoms with Crippen molar-refractivity contribution in [3.63, 3.8) is 0 Å². The first-order valence-corrected chi connectivity index (χ1v) is 4.29. The molecule has 0 amide bonds. The zero-order valence-corrected chi connectivity index (χ0v) is 8.83. The highest BCUT2D eigenvalue weighted by Gasteiger charge is 2.22. The molecule has 5 nitrogen and oxygen atoms in total. The van der Waals surface area contributed by atoms with Crippen molar-refractivity contribution in [2.45, 2.75) is 33.0 Å². The molecule has 14 heavy (non-hydrogen) atoms. The second kappa shape index (κ2) is 5.59. The van der Waals surface area contributed by atoms with Gasteiger partial charge in [0.05, 0.1) is 0 Å². The highest BCUT2D eigenvalue weighted by molar-refractivity contribution is 6.64. The molecule has 0 aromatic carbocycles. The van der Waals surface area contributed by atoms with E-state index in [4.69, 9.17) is 11.6 Å². The van der Waals surface area contributed by atoms with Crippen molar-refractivity contribution < 1.29 is 23.9 Å². The monoisotopic (exact) mass is 222 g/mol. The third kappa shape index (κ3) is 4.81. The summed E-state index contributed by atoms with van der Waals surface area (Å²) in [7, 11) is 0. The van der Waals surface area contributed by atoms with Crippen molar-refractivity contribution in [1.29, 1.82) is 0 Å². The van der Waals surface area contributed by atoms with E-state index in [9.17, 15) is 14.4 Å². The standard InChI is InChI=1S/C8H11ClO5/c1-4(7(9)11)14-8(12)5(2)13-6(3)10/h4-5H,1-3H3/t4-,5-/m0/s1. The lowest BCUT2D eigenvalue weighted by Crippen LogP contribution is -2.30. The molecule has 0 heterocycles. The number of ether oxygens (including phenoxy) is 2.